The number of nitrogens with one attached hydrogen (secondary N) is 1. The highest BCUT2D eigenvalue weighted by atomic mass is 19.3. The van der Waals surface area contributed by atoms with Crippen molar-refractivity contribution in [3.63, 3.8) is 0 Å². The van der Waals surface area contributed by atoms with Crippen molar-refractivity contribution >= 4 is 0 Å². The van der Waals surface area contributed by atoms with Crippen molar-refractivity contribution in [2.24, 2.45) is 0 Å². The Balaban J connectivity index is 2.44. The number of fused-ring (bicyclic) bond motifs is 1. The first kappa shape index (κ1) is 8.12. The smallest absolute Gasteiger partial charge is 0.213 e. The van der Waals surface area contributed by atoms with E-state index in [1.165, 1.54) is 12.1 Å². The lowest BCUT2D eigenvalue weighted by Crippen LogP contribution is -2.26. The number of phenols is 1. The lowest BCUT2D eigenvalue weighted by atomic mass is 10.1. The second-order valence-electron chi connectivity index (χ2n) is 2.75. The molecule has 1 aromatic rings. The summed E-state index contributed by atoms with van der Waals surface area (Å²) in [6.45, 7) is 0.656. The maximum absolute atomic E-state index is 11.8. The molecular formula is C8H8FNO3. The minimum atomic E-state index is -0.273. The van der Waals surface area contributed by atoms with Crippen molar-refractivity contribution in [2.45, 2.75) is 6.42 Å². The monoisotopic (exact) mass is 185 g/mol. The van der Waals surface area contributed by atoms with Gasteiger partial charge in [0.1, 0.15) is 0 Å². The molecule has 1 aliphatic rings. The van der Waals surface area contributed by atoms with Gasteiger partial charge < -0.3 is 9.94 Å². The molecule has 0 fully saturated rings. The van der Waals surface area contributed by atoms with Crippen molar-refractivity contribution in [1.29, 1.82) is 0 Å². The van der Waals surface area contributed by atoms with E-state index in [9.17, 15) is 9.63 Å². The van der Waals surface area contributed by atoms with Crippen LogP contribution >= 0.6 is 0 Å². The van der Waals surface area contributed by atoms with E-state index in [1.54, 1.807) is 0 Å². The third-order valence-corrected chi connectivity index (χ3v) is 1.90. The molecule has 2 rings (SSSR count). The first-order chi connectivity index (χ1) is 6.31. The summed E-state index contributed by atoms with van der Waals surface area (Å²) in [6, 6.07) is 2.74. The van der Waals surface area contributed by atoms with E-state index in [4.69, 9.17) is 4.84 Å². The molecule has 2 N–H and O–H groups in total. The largest absolute Gasteiger partial charge is 0.504 e. The Kier molecular flexibility index (Phi) is 1.94. The zero-order valence-corrected chi connectivity index (χ0v) is 6.71. The molecule has 4 nitrogen and oxygen atoms in total. The average Bonchev–Trinajstić information content (AvgIpc) is 2.17. The number of phenolic OH excluding ortho intramolecular Hbond substituents is 1. The van der Waals surface area contributed by atoms with Gasteiger partial charge in [0.25, 0.3) is 0 Å². The summed E-state index contributed by atoms with van der Waals surface area (Å²) in [5, 5.41) is 9.19. The van der Waals surface area contributed by atoms with Gasteiger partial charge in [0, 0.05) is 22.7 Å². The van der Waals surface area contributed by atoms with E-state index < -0.39 is 0 Å². The van der Waals surface area contributed by atoms with E-state index >= 15 is 0 Å². The fraction of sp³-hybridized carbons (Fsp3) is 0.250. The van der Waals surface area contributed by atoms with Crippen LogP contribution < -0.4 is 15.3 Å². The fourth-order valence-electron chi connectivity index (χ4n) is 1.26. The van der Waals surface area contributed by atoms with Gasteiger partial charge in [0.05, 0.1) is 0 Å². The van der Waals surface area contributed by atoms with Gasteiger partial charge in [-0.3, -0.25) is 4.94 Å². The number of hydrogen-bond acceptors (Lipinski definition) is 4. The number of benzene rings is 1. The fourth-order valence-corrected chi connectivity index (χ4v) is 1.26. The van der Waals surface area contributed by atoms with Crippen LogP contribution in [0.4, 0.5) is 4.53 Å². The van der Waals surface area contributed by atoms with E-state index in [-0.39, 0.29) is 11.5 Å². The quantitative estimate of drug-likeness (QED) is 0.687. The topological polar surface area (TPSA) is 50.7 Å². The van der Waals surface area contributed by atoms with Gasteiger partial charge in [-0.05, 0) is 12.5 Å². The molecule has 0 radical (unpaired) electrons. The lowest BCUT2D eigenvalue weighted by Gasteiger charge is -2.17. The molecule has 1 aliphatic heterocycles. The first-order valence-electron chi connectivity index (χ1n) is 3.85. The van der Waals surface area contributed by atoms with Crippen LogP contribution in [0.3, 0.4) is 0 Å². The Morgan fingerprint density at radius 1 is 1.54 bits per heavy atom. The SMILES string of the molecule is Oc1cc2c(cc1OF)CCNO2. The van der Waals surface area contributed by atoms with Crippen LogP contribution in [-0.4, -0.2) is 11.7 Å². The van der Waals surface area contributed by atoms with Gasteiger partial charge >= 0.3 is 0 Å². The third-order valence-electron chi connectivity index (χ3n) is 1.90. The minimum Gasteiger partial charge on any atom is -0.504 e. The highest BCUT2D eigenvalue weighted by Gasteiger charge is 2.15. The molecule has 5 heteroatoms. The predicted molar refractivity (Wildman–Crippen MR) is 42.2 cm³/mol. The van der Waals surface area contributed by atoms with Crippen LogP contribution in [0.2, 0.25) is 0 Å². The van der Waals surface area contributed by atoms with Crippen LogP contribution in [0.5, 0.6) is 17.2 Å². The molecule has 0 saturated carbocycles. The molecular weight excluding hydrogens is 177 g/mol. The summed E-state index contributed by atoms with van der Waals surface area (Å²) in [7, 11) is 0. The van der Waals surface area contributed by atoms with Gasteiger partial charge in [0.15, 0.2) is 11.5 Å². The molecule has 0 unspecified atom stereocenters. The molecule has 0 atom stereocenters. The summed E-state index contributed by atoms with van der Waals surface area (Å²) in [4.78, 5) is 8.50. The third kappa shape index (κ3) is 1.38. The number of rotatable bonds is 1. The molecule has 13 heavy (non-hydrogen) atoms. The Bertz CT molecular complexity index is 329. The zero-order chi connectivity index (χ0) is 9.26. The summed E-state index contributed by atoms with van der Waals surface area (Å²) in [5.41, 5.74) is 3.47. The molecule has 0 saturated heterocycles. The minimum absolute atomic E-state index is 0.177. The Labute approximate surface area is 73.7 Å². The summed E-state index contributed by atoms with van der Waals surface area (Å²) >= 11 is 0. The zero-order valence-electron chi connectivity index (χ0n) is 6.71. The van der Waals surface area contributed by atoms with Crippen molar-refractivity contribution < 1.29 is 19.4 Å². The van der Waals surface area contributed by atoms with Gasteiger partial charge in [-0.2, -0.15) is 5.48 Å². The Morgan fingerprint density at radius 3 is 3.15 bits per heavy atom. The summed E-state index contributed by atoms with van der Waals surface area (Å²) in [6.07, 6.45) is 0.714. The van der Waals surface area contributed by atoms with Crippen molar-refractivity contribution in [3.8, 4) is 17.2 Å². The standard InChI is InChI=1S/C8H8FNO3/c9-12-8-3-5-1-2-10-13-7(5)4-6(8)11/h3-4,10-11H,1-2H2. The van der Waals surface area contributed by atoms with Gasteiger partial charge in [0.2, 0.25) is 5.75 Å². The van der Waals surface area contributed by atoms with Crippen molar-refractivity contribution in [3.05, 3.63) is 17.7 Å². The molecule has 0 aromatic heterocycles. The average molecular weight is 185 g/mol. The molecule has 0 bridgehead atoms. The highest BCUT2D eigenvalue weighted by molar-refractivity contribution is 5.50. The van der Waals surface area contributed by atoms with Crippen LogP contribution in [0.1, 0.15) is 5.56 Å². The van der Waals surface area contributed by atoms with Crippen LogP contribution in [0.25, 0.3) is 0 Å². The Hall–Kier alpha value is -1.49. The van der Waals surface area contributed by atoms with Crippen LogP contribution in [0.15, 0.2) is 12.1 Å². The van der Waals surface area contributed by atoms with E-state index in [0.717, 1.165) is 5.56 Å². The number of halogens is 1. The predicted octanol–water partition coefficient (Wildman–Crippen LogP) is 1.09. The van der Waals surface area contributed by atoms with Crippen LogP contribution in [-0.2, 0) is 6.42 Å². The lowest BCUT2D eigenvalue weighted by molar-refractivity contribution is -0.00926. The molecule has 0 amide bonds. The van der Waals surface area contributed by atoms with E-state index in [1.807, 2.05) is 0 Å². The molecule has 70 valence electrons. The van der Waals surface area contributed by atoms with Gasteiger partial charge in [-0.15, -0.1) is 0 Å². The highest BCUT2D eigenvalue weighted by Crippen LogP contribution is 2.35. The van der Waals surface area contributed by atoms with Gasteiger partial charge in [-0.1, -0.05) is 0 Å². The van der Waals surface area contributed by atoms with Gasteiger partial charge in [-0.25, -0.2) is 0 Å². The molecule has 0 aliphatic carbocycles. The first-order valence-corrected chi connectivity index (χ1v) is 3.85. The van der Waals surface area contributed by atoms with Crippen LogP contribution in [0, 0.1) is 0 Å². The molecule has 1 aromatic carbocycles. The van der Waals surface area contributed by atoms with Crippen molar-refractivity contribution in [2.75, 3.05) is 6.54 Å². The van der Waals surface area contributed by atoms with Crippen molar-refractivity contribution in [1.82, 2.24) is 5.48 Å². The second-order valence-corrected chi connectivity index (χ2v) is 2.75. The second kappa shape index (κ2) is 3.10. The number of hydroxylamine groups is 1. The molecule has 1 heterocycles. The number of aromatic hydroxyl groups is 1. The molecule has 0 spiro atoms. The number of hydrogen-bond donors (Lipinski definition) is 2. The maximum atomic E-state index is 11.8. The summed E-state index contributed by atoms with van der Waals surface area (Å²) < 4.78 is 11.8. The maximum Gasteiger partial charge on any atom is 0.213 e. The van der Waals surface area contributed by atoms with E-state index in [2.05, 4.69) is 10.4 Å². The Morgan fingerprint density at radius 2 is 2.38 bits per heavy atom. The normalized spacial score (nSPS) is 14.5. The van der Waals surface area contributed by atoms with E-state index in [0.29, 0.717) is 18.7 Å². The summed E-state index contributed by atoms with van der Waals surface area (Å²) in [5.74, 6) is 0.0544.